The molecule has 0 fully saturated rings. The minimum absolute atomic E-state index is 0.102. The highest BCUT2D eigenvalue weighted by Crippen LogP contribution is 2.32. The van der Waals surface area contributed by atoms with Crippen molar-refractivity contribution < 1.29 is 14.9 Å². The first-order valence-corrected chi connectivity index (χ1v) is 6.60. The maximum Gasteiger partial charge on any atom is 0.161 e. The number of aromatic nitrogens is 1. The molecule has 2 aromatic carbocycles. The fourth-order valence-corrected chi connectivity index (χ4v) is 2.36. The number of aromatic hydroxyl groups is 2. The number of ether oxygens (including phenoxy) is 1. The van der Waals surface area contributed by atoms with E-state index in [1.165, 1.54) is 7.11 Å². The fraction of sp³-hybridized carbons (Fsp3) is 0.118. The molecule has 0 radical (unpaired) electrons. The van der Waals surface area contributed by atoms with Crippen LogP contribution in [0, 0.1) is 0 Å². The van der Waals surface area contributed by atoms with Gasteiger partial charge in [-0.05, 0) is 41.3 Å². The van der Waals surface area contributed by atoms with Crippen LogP contribution in [-0.2, 0) is 6.42 Å². The van der Waals surface area contributed by atoms with Gasteiger partial charge in [-0.3, -0.25) is 4.98 Å². The minimum Gasteiger partial charge on any atom is -0.508 e. The van der Waals surface area contributed by atoms with E-state index < -0.39 is 0 Å². The van der Waals surface area contributed by atoms with Crippen LogP contribution in [0.3, 0.4) is 0 Å². The first-order valence-electron chi connectivity index (χ1n) is 6.60. The second kappa shape index (κ2) is 5.32. The predicted molar refractivity (Wildman–Crippen MR) is 80.9 cm³/mol. The number of pyridine rings is 1. The van der Waals surface area contributed by atoms with E-state index in [9.17, 15) is 10.2 Å². The molecule has 4 heteroatoms. The summed E-state index contributed by atoms with van der Waals surface area (Å²) in [5, 5.41) is 21.1. The SMILES string of the molecule is COc1cc2ccnc(Cc3ccc(O)cc3)c2cc1O. The largest absolute Gasteiger partial charge is 0.508 e. The fourth-order valence-electron chi connectivity index (χ4n) is 2.36. The molecule has 2 N–H and O–H groups in total. The molecular weight excluding hydrogens is 266 g/mol. The van der Waals surface area contributed by atoms with Gasteiger partial charge in [-0.1, -0.05) is 12.1 Å². The molecule has 0 amide bonds. The average molecular weight is 281 g/mol. The summed E-state index contributed by atoms with van der Waals surface area (Å²) in [6.07, 6.45) is 2.37. The summed E-state index contributed by atoms with van der Waals surface area (Å²) < 4.78 is 5.13. The van der Waals surface area contributed by atoms with Crippen LogP contribution in [0.25, 0.3) is 10.8 Å². The summed E-state index contributed by atoms with van der Waals surface area (Å²) in [7, 11) is 1.53. The Labute approximate surface area is 122 Å². The number of rotatable bonds is 3. The highest BCUT2D eigenvalue weighted by molar-refractivity contribution is 5.88. The molecule has 21 heavy (non-hydrogen) atoms. The van der Waals surface area contributed by atoms with Gasteiger partial charge < -0.3 is 14.9 Å². The van der Waals surface area contributed by atoms with Crippen molar-refractivity contribution in [2.24, 2.45) is 0 Å². The third-order valence-electron chi connectivity index (χ3n) is 3.45. The molecule has 0 aliphatic rings. The molecule has 106 valence electrons. The Morgan fingerprint density at radius 1 is 1.05 bits per heavy atom. The van der Waals surface area contributed by atoms with Crippen LogP contribution in [0.5, 0.6) is 17.2 Å². The lowest BCUT2D eigenvalue weighted by molar-refractivity contribution is 0.374. The third kappa shape index (κ3) is 2.60. The van der Waals surface area contributed by atoms with Gasteiger partial charge in [0.05, 0.1) is 12.8 Å². The number of hydrogen-bond acceptors (Lipinski definition) is 4. The normalized spacial score (nSPS) is 10.7. The topological polar surface area (TPSA) is 62.6 Å². The molecule has 1 heterocycles. The quantitative estimate of drug-likeness (QED) is 0.773. The molecule has 0 aliphatic heterocycles. The van der Waals surface area contributed by atoms with E-state index in [1.807, 2.05) is 18.2 Å². The number of nitrogens with zero attached hydrogens (tertiary/aromatic N) is 1. The van der Waals surface area contributed by atoms with Crippen molar-refractivity contribution in [3.05, 3.63) is 59.9 Å². The molecule has 0 aliphatic carbocycles. The Bertz CT molecular complexity index is 782. The van der Waals surface area contributed by atoms with Crippen molar-refractivity contribution in [1.82, 2.24) is 4.98 Å². The maximum absolute atomic E-state index is 9.95. The maximum atomic E-state index is 9.95. The van der Waals surface area contributed by atoms with E-state index in [0.29, 0.717) is 12.2 Å². The van der Waals surface area contributed by atoms with E-state index in [0.717, 1.165) is 22.0 Å². The monoisotopic (exact) mass is 281 g/mol. The van der Waals surface area contributed by atoms with Crippen LogP contribution < -0.4 is 4.74 Å². The van der Waals surface area contributed by atoms with E-state index in [4.69, 9.17) is 4.74 Å². The first-order chi connectivity index (χ1) is 10.2. The van der Waals surface area contributed by atoms with Crippen molar-refractivity contribution in [2.45, 2.75) is 6.42 Å². The molecule has 0 atom stereocenters. The summed E-state index contributed by atoms with van der Waals surface area (Å²) >= 11 is 0. The molecule has 3 aromatic rings. The van der Waals surface area contributed by atoms with E-state index in [1.54, 1.807) is 30.5 Å². The molecule has 1 aromatic heterocycles. The van der Waals surface area contributed by atoms with Gasteiger partial charge in [0.1, 0.15) is 5.75 Å². The summed E-state index contributed by atoms with van der Waals surface area (Å²) in [5.41, 5.74) is 1.92. The van der Waals surface area contributed by atoms with Crippen LogP contribution in [0.1, 0.15) is 11.3 Å². The van der Waals surface area contributed by atoms with Gasteiger partial charge in [0.25, 0.3) is 0 Å². The third-order valence-corrected chi connectivity index (χ3v) is 3.45. The zero-order valence-corrected chi connectivity index (χ0v) is 11.6. The second-order valence-electron chi connectivity index (χ2n) is 4.85. The molecule has 0 unspecified atom stereocenters. The molecule has 0 bridgehead atoms. The van der Waals surface area contributed by atoms with Crippen LogP contribution in [0.15, 0.2) is 48.7 Å². The van der Waals surface area contributed by atoms with Crippen LogP contribution in [-0.4, -0.2) is 22.3 Å². The summed E-state index contributed by atoms with van der Waals surface area (Å²) in [6, 6.07) is 12.4. The first kappa shape index (κ1) is 13.2. The van der Waals surface area contributed by atoms with E-state index in [2.05, 4.69) is 4.98 Å². The number of methoxy groups -OCH3 is 1. The lowest BCUT2D eigenvalue weighted by Gasteiger charge is -2.09. The minimum atomic E-state index is 0.102. The highest BCUT2D eigenvalue weighted by atomic mass is 16.5. The van der Waals surface area contributed by atoms with Crippen molar-refractivity contribution in [2.75, 3.05) is 7.11 Å². The van der Waals surface area contributed by atoms with Crippen molar-refractivity contribution >= 4 is 10.8 Å². The van der Waals surface area contributed by atoms with Gasteiger partial charge in [0, 0.05) is 18.0 Å². The smallest absolute Gasteiger partial charge is 0.161 e. The average Bonchev–Trinajstić information content (AvgIpc) is 2.49. The Morgan fingerprint density at radius 2 is 1.81 bits per heavy atom. The number of phenols is 2. The number of phenolic OH excluding ortho intramolecular Hbond substituents is 2. The predicted octanol–water partition coefficient (Wildman–Crippen LogP) is 3.25. The molecule has 4 nitrogen and oxygen atoms in total. The van der Waals surface area contributed by atoms with Crippen LogP contribution in [0.2, 0.25) is 0 Å². The zero-order valence-electron chi connectivity index (χ0n) is 11.6. The van der Waals surface area contributed by atoms with Crippen LogP contribution >= 0.6 is 0 Å². The molecule has 0 spiro atoms. The second-order valence-corrected chi connectivity index (χ2v) is 4.85. The van der Waals surface area contributed by atoms with E-state index in [-0.39, 0.29) is 11.5 Å². The van der Waals surface area contributed by atoms with Gasteiger partial charge in [-0.2, -0.15) is 0 Å². The zero-order chi connectivity index (χ0) is 14.8. The Kier molecular flexibility index (Phi) is 3.36. The van der Waals surface area contributed by atoms with E-state index >= 15 is 0 Å². The van der Waals surface area contributed by atoms with Gasteiger partial charge in [-0.15, -0.1) is 0 Å². The highest BCUT2D eigenvalue weighted by Gasteiger charge is 2.09. The number of fused-ring (bicyclic) bond motifs is 1. The van der Waals surface area contributed by atoms with Gasteiger partial charge in [0.2, 0.25) is 0 Å². The molecule has 0 saturated heterocycles. The molecule has 0 saturated carbocycles. The summed E-state index contributed by atoms with van der Waals surface area (Å²) in [5.74, 6) is 0.793. The van der Waals surface area contributed by atoms with Gasteiger partial charge in [-0.25, -0.2) is 0 Å². The Morgan fingerprint density at radius 3 is 2.52 bits per heavy atom. The lowest BCUT2D eigenvalue weighted by Crippen LogP contribution is -1.94. The van der Waals surface area contributed by atoms with Gasteiger partial charge >= 0.3 is 0 Å². The number of hydrogen-bond donors (Lipinski definition) is 2. The lowest BCUT2D eigenvalue weighted by atomic mass is 10.0. The van der Waals surface area contributed by atoms with Crippen LogP contribution in [0.4, 0.5) is 0 Å². The summed E-state index contributed by atoms with van der Waals surface area (Å²) in [6.45, 7) is 0. The summed E-state index contributed by atoms with van der Waals surface area (Å²) in [4.78, 5) is 4.41. The molecular formula is C17H15NO3. The standard InChI is InChI=1S/C17H15NO3/c1-21-17-9-12-6-7-18-15(14(12)10-16(17)20)8-11-2-4-13(19)5-3-11/h2-7,9-10,19-20H,8H2,1H3. The van der Waals surface area contributed by atoms with Crippen molar-refractivity contribution in [3.8, 4) is 17.2 Å². The molecule has 3 rings (SSSR count). The van der Waals surface area contributed by atoms with Crippen molar-refractivity contribution in [3.63, 3.8) is 0 Å². The number of benzene rings is 2. The van der Waals surface area contributed by atoms with Crippen molar-refractivity contribution in [1.29, 1.82) is 0 Å². The van der Waals surface area contributed by atoms with Gasteiger partial charge in [0.15, 0.2) is 11.5 Å². The Hall–Kier alpha value is -2.75. The Balaban J connectivity index is 2.06.